The van der Waals surface area contributed by atoms with Crippen LogP contribution >= 0.6 is 15.6 Å². The van der Waals surface area contributed by atoms with Gasteiger partial charge in [0.15, 0.2) is 12.2 Å². The Hall–Kier alpha value is -1.94. The number of rotatable bonds is 66. The highest BCUT2D eigenvalue weighted by Crippen LogP contribution is 2.45. The fourth-order valence-corrected chi connectivity index (χ4v) is 11.7. The molecule has 0 aliphatic rings. The number of carbonyl (C=O) groups is 4. The molecule has 0 fully saturated rings. The number of ether oxygens (including phenoxy) is 4. The van der Waals surface area contributed by atoms with E-state index in [-0.39, 0.29) is 25.7 Å². The minimum Gasteiger partial charge on any atom is -0.462 e. The minimum absolute atomic E-state index is 0.105. The van der Waals surface area contributed by atoms with Gasteiger partial charge in [-0.05, 0) is 43.4 Å². The van der Waals surface area contributed by atoms with E-state index in [2.05, 4.69) is 48.5 Å². The summed E-state index contributed by atoms with van der Waals surface area (Å²) in [6.45, 7) is 11.8. The Morgan fingerprint density at radius 3 is 0.874 bits per heavy atom. The predicted octanol–water partition coefficient (Wildman–Crippen LogP) is 19.1. The maximum atomic E-state index is 13.0. The van der Waals surface area contributed by atoms with Crippen LogP contribution in [0, 0.1) is 17.8 Å². The highest BCUT2D eigenvalue weighted by Gasteiger charge is 2.30. The maximum absolute atomic E-state index is 13.0. The SMILES string of the molecule is CCCCCCCCCCCC(=O)OC[C@H](COP(=O)(O)OC[C@H](O)COP(=O)(O)OC[C@@H](COC(=O)CCCCCCCCCCCC(C)C)OC(=O)CCCCCCCCCCCCC(C)CC)OC(=O)CCCCCCCCCCCC(C)C. The number of phosphoric ester groups is 2. The lowest BCUT2D eigenvalue weighted by Crippen LogP contribution is -2.30. The summed E-state index contributed by atoms with van der Waals surface area (Å²) in [5, 5.41) is 10.6. The molecule has 0 aliphatic carbocycles. The molecule has 3 unspecified atom stereocenters. The van der Waals surface area contributed by atoms with Crippen molar-refractivity contribution in [1.29, 1.82) is 0 Å². The van der Waals surface area contributed by atoms with Gasteiger partial charge in [-0.3, -0.25) is 37.3 Å². The van der Waals surface area contributed by atoms with Gasteiger partial charge < -0.3 is 33.8 Å². The van der Waals surface area contributed by atoms with E-state index in [1.165, 1.54) is 148 Å². The average molecular weight is 1280 g/mol. The molecule has 0 rings (SSSR count). The van der Waals surface area contributed by atoms with Crippen LogP contribution in [0.3, 0.4) is 0 Å². The lowest BCUT2D eigenvalue weighted by Gasteiger charge is -2.21. The summed E-state index contributed by atoms with van der Waals surface area (Å²) in [6.07, 6.45) is 41.6. The molecule has 3 N–H and O–H groups in total. The van der Waals surface area contributed by atoms with Crippen molar-refractivity contribution >= 4 is 39.5 Å². The van der Waals surface area contributed by atoms with Crippen molar-refractivity contribution in [3.8, 4) is 0 Å². The van der Waals surface area contributed by atoms with E-state index < -0.39 is 97.5 Å². The summed E-state index contributed by atoms with van der Waals surface area (Å²) < 4.78 is 68.2. The molecule has 0 saturated carbocycles. The zero-order valence-electron chi connectivity index (χ0n) is 56.5. The average Bonchev–Trinajstić information content (AvgIpc) is 3.69. The Bertz CT molecular complexity index is 1720. The van der Waals surface area contributed by atoms with Crippen LogP contribution in [0.4, 0.5) is 0 Å². The van der Waals surface area contributed by atoms with Crippen molar-refractivity contribution in [2.45, 2.75) is 356 Å². The standard InChI is InChI=1S/C68H132O17P2/c1-8-10-11-12-13-18-28-35-42-49-65(70)78-55-63(85-68(73)52-45-38-31-24-17-20-26-33-40-47-60(5)6)57-82-86(74,75)80-53-62(69)54-81-87(76,77)83-58-64(56-79-66(71)50-43-36-29-23-16-19-25-32-39-46-59(3)4)84-67(72)51-44-37-30-22-15-14-21-27-34-41-48-61(7)9-2/h59-64,69H,8-58H2,1-7H3,(H,74,75)(H,76,77)/t61?,62-,63+,64+/m0/s1. The van der Waals surface area contributed by atoms with Gasteiger partial charge in [0.2, 0.25) is 0 Å². The van der Waals surface area contributed by atoms with Crippen molar-refractivity contribution in [2.24, 2.45) is 17.8 Å². The van der Waals surface area contributed by atoms with Gasteiger partial charge in [0.1, 0.15) is 19.3 Å². The second-order valence-electron chi connectivity index (χ2n) is 25.8. The summed E-state index contributed by atoms with van der Waals surface area (Å²) in [4.78, 5) is 72.4. The number of aliphatic hydroxyl groups excluding tert-OH is 1. The number of unbranched alkanes of at least 4 members (excludes halogenated alkanes) is 33. The molecule has 0 saturated heterocycles. The fraction of sp³-hybridized carbons (Fsp3) is 0.941. The summed E-state index contributed by atoms with van der Waals surface area (Å²) in [5.41, 5.74) is 0. The normalized spacial score (nSPS) is 14.6. The zero-order valence-corrected chi connectivity index (χ0v) is 58.3. The molecular formula is C68H132O17P2. The van der Waals surface area contributed by atoms with Crippen molar-refractivity contribution in [1.82, 2.24) is 0 Å². The first-order chi connectivity index (χ1) is 41.8. The Labute approximate surface area is 530 Å². The second-order valence-corrected chi connectivity index (χ2v) is 28.7. The van der Waals surface area contributed by atoms with E-state index >= 15 is 0 Å². The molecule has 0 heterocycles. The molecular weight excluding hydrogens is 1150 g/mol. The van der Waals surface area contributed by atoms with Crippen LogP contribution in [0.5, 0.6) is 0 Å². The van der Waals surface area contributed by atoms with Crippen LogP contribution < -0.4 is 0 Å². The second kappa shape index (κ2) is 59.1. The van der Waals surface area contributed by atoms with Gasteiger partial charge in [-0.15, -0.1) is 0 Å². The van der Waals surface area contributed by atoms with E-state index in [9.17, 15) is 43.2 Å². The van der Waals surface area contributed by atoms with Gasteiger partial charge >= 0.3 is 39.5 Å². The van der Waals surface area contributed by atoms with E-state index in [1.54, 1.807) is 0 Å². The summed E-state index contributed by atoms with van der Waals surface area (Å²) >= 11 is 0. The van der Waals surface area contributed by atoms with Crippen molar-refractivity contribution in [3.63, 3.8) is 0 Å². The van der Waals surface area contributed by atoms with Crippen molar-refractivity contribution in [3.05, 3.63) is 0 Å². The molecule has 87 heavy (non-hydrogen) atoms. The largest absolute Gasteiger partial charge is 0.472 e. The van der Waals surface area contributed by atoms with Crippen LogP contribution in [0.25, 0.3) is 0 Å². The predicted molar refractivity (Wildman–Crippen MR) is 349 cm³/mol. The van der Waals surface area contributed by atoms with Crippen molar-refractivity contribution in [2.75, 3.05) is 39.6 Å². The molecule has 0 aliphatic heterocycles. The van der Waals surface area contributed by atoms with Crippen LogP contribution in [-0.4, -0.2) is 96.7 Å². The highest BCUT2D eigenvalue weighted by atomic mass is 31.2. The summed E-state index contributed by atoms with van der Waals surface area (Å²) in [6, 6.07) is 0. The van der Waals surface area contributed by atoms with E-state index in [0.717, 1.165) is 108 Å². The smallest absolute Gasteiger partial charge is 0.462 e. The number of hydrogen-bond acceptors (Lipinski definition) is 15. The number of carbonyl (C=O) groups excluding carboxylic acids is 4. The number of esters is 4. The van der Waals surface area contributed by atoms with Gasteiger partial charge in [-0.25, -0.2) is 9.13 Å². The lowest BCUT2D eigenvalue weighted by atomic mass is 9.99. The van der Waals surface area contributed by atoms with Gasteiger partial charge in [0.05, 0.1) is 26.4 Å². The molecule has 19 heteroatoms. The van der Waals surface area contributed by atoms with E-state index in [1.807, 2.05) is 0 Å². The van der Waals surface area contributed by atoms with Crippen LogP contribution in [0.2, 0.25) is 0 Å². The van der Waals surface area contributed by atoms with Crippen LogP contribution in [0.1, 0.15) is 337 Å². The highest BCUT2D eigenvalue weighted by molar-refractivity contribution is 7.47. The van der Waals surface area contributed by atoms with Crippen molar-refractivity contribution < 1.29 is 80.2 Å². The Kier molecular flexibility index (Phi) is 57.8. The monoisotopic (exact) mass is 1280 g/mol. The van der Waals surface area contributed by atoms with Crippen LogP contribution in [-0.2, 0) is 65.4 Å². The third-order valence-corrected chi connectivity index (χ3v) is 17.9. The Balaban J connectivity index is 5.26. The molecule has 0 aromatic carbocycles. The third kappa shape index (κ3) is 61.3. The lowest BCUT2D eigenvalue weighted by molar-refractivity contribution is -0.161. The van der Waals surface area contributed by atoms with E-state index in [0.29, 0.717) is 25.7 Å². The van der Waals surface area contributed by atoms with Gasteiger partial charge in [0, 0.05) is 25.7 Å². The van der Waals surface area contributed by atoms with E-state index in [4.69, 9.17) is 37.0 Å². The molecule has 516 valence electrons. The number of phosphoric acid groups is 2. The van der Waals surface area contributed by atoms with Crippen LogP contribution in [0.15, 0.2) is 0 Å². The molecule has 0 aromatic heterocycles. The first-order valence-electron chi connectivity index (χ1n) is 35.4. The van der Waals surface area contributed by atoms with Gasteiger partial charge in [-0.2, -0.15) is 0 Å². The van der Waals surface area contributed by atoms with Gasteiger partial charge in [-0.1, -0.05) is 286 Å². The van der Waals surface area contributed by atoms with Gasteiger partial charge in [0.25, 0.3) is 0 Å². The Morgan fingerprint density at radius 1 is 0.333 bits per heavy atom. The topological polar surface area (TPSA) is 237 Å². The minimum atomic E-state index is -4.95. The molecule has 0 bridgehead atoms. The quantitative estimate of drug-likeness (QED) is 0.0222. The summed E-state index contributed by atoms with van der Waals surface area (Å²) in [7, 11) is -9.90. The third-order valence-electron chi connectivity index (χ3n) is 16.0. The summed E-state index contributed by atoms with van der Waals surface area (Å²) in [5.74, 6) is 0.153. The first kappa shape index (κ1) is 85.1. The number of aliphatic hydroxyl groups is 1. The molecule has 17 nitrogen and oxygen atoms in total. The maximum Gasteiger partial charge on any atom is 0.472 e. The first-order valence-corrected chi connectivity index (χ1v) is 38.4. The molecule has 0 aromatic rings. The zero-order chi connectivity index (χ0) is 64.5. The molecule has 6 atom stereocenters. The molecule has 0 amide bonds. The number of hydrogen-bond donors (Lipinski definition) is 3. The molecule has 0 spiro atoms. The Morgan fingerprint density at radius 2 is 0.586 bits per heavy atom. The fourth-order valence-electron chi connectivity index (χ4n) is 10.2. The molecule has 0 radical (unpaired) electrons.